The largest absolute Gasteiger partial charge is 0.382 e. The average Bonchev–Trinajstić information content (AvgIpc) is 2.67. The van der Waals surface area contributed by atoms with Gasteiger partial charge in [0, 0.05) is 32.4 Å². The Balaban J connectivity index is 2.32. The molecule has 1 aromatic rings. The number of ether oxygens (including phenoxy) is 3. The molecule has 106 valence electrons. The molecule has 0 radical (unpaired) electrons. The van der Waals surface area contributed by atoms with Crippen molar-refractivity contribution in [1.29, 1.82) is 0 Å². The smallest absolute Gasteiger partial charge is 0.330 e. The van der Waals surface area contributed by atoms with E-state index in [-0.39, 0.29) is 18.1 Å². The van der Waals surface area contributed by atoms with Gasteiger partial charge in [-0.05, 0) is 0 Å². The highest BCUT2D eigenvalue weighted by Gasteiger charge is 2.43. The van der Waals surface area contributed by atoms with Gasteiger partial charge in [0.2, 0.25) is 0 Å². The highest BCUT2D eigenvalue weighted by atomic mass is 16.6. The fourth-order valence-corrected chi connectivity index (χ4v) is 2.39. The Morgan fingerprint density at radius 2 is 2.16 bits per heavy atom. The van der Waals surface area contributed by atoms with E-state index in [0.717, 1.165) is 0 Å². The van der Waals surface area contributed by atoms with Crippen molar-refractivity contribution in [3.8, 4) is 0 Å². The molecule has 4 atom stereocenters. The van der Waals surface area contributed by atoms with Crippen LogP contribution in [0.5, 0.6) is 0 Å². The second kappa shape index (κ2) is 5.68. The third kappa shape index (κ3) is 2.63. The van der Waals surface area contributed by atoms with Gasteiger partial charge in [-0.2, -0.15) is 0 Å². The zero-order valence-electron chi connectivity index (χ0n) is 11.2. The first kappa shape index (κ1) is 14.0. The summed E-state index contributed by atoms with van der Waals surface area (Å²) in [5.41, 5.74) is -0.945. The monoisotopic (exact) mass is 270 g/mol. The molecule has 0 aromatic carbocycles. The van der Waals surface area contributed by atoms with Gasteiger partial charge >= 0.3 is 5.69 Å². The van der Waals surface area contributed by atoms with E-state index >= 15 is 0 Å². The fraction of sp³-hybridized carbons (Fsp3) is 0.667. The van der Waals surface area contributed by atoms with Gasteiger partial charge in [0.05, 0.1) is 12.7 Å². The maximum absolute atomic E-state index is 11.8. The third-order valence-corrected chi connectivity index (χ3v) is 3.43. The van der Waals surface area contributed by atoms with Crippen LogP contribution in [0.15, 0.2) is 21.9 Å². The quantitative estimate of drug-likeness (QED) is 0.814. The zero-order valence-corrected chi connectivity index (χ0v) is 11.2. The van der Waals surface area contributed by atoms with Crippen LogP contribution in [0.1, 0.15) is 13.2 Å². The SMILES string of the molecule is COC[C@H]1O[C@@H](n2ccc(=O)[nH]c2=O)[C@H](OC)[C@@H]1C. The third-order valence-electron chi connectivity index (χ3n) is 3.43. The Kier molecular flexibility index (Phi) is 4.18. The van der Waals surface area contributed by atoms with Crippen molar-refractivity contribution in [1.82, 2.24) is 9.55 Å². The number of hydrogen-bond acceptors (Lipinski definition) is 5. The van der Waals surface area contributed by atoms with Gasteiger partial charge in [-0.1, -0.05) is 6.92 Å². The minimum absolute atomic E-state index is 0.0776. The van der Waals surface area contributed by atoms with E-state index in [4.69, 9.17) is 14.2 Å². The van der Waals surface area contributed by atoms with Gasteiger partial charge in [0.1, 0.15) is 6.10 Å². The van der Waals surface area contributed by atoms with E-state index in [1.165, 1.54) is 16.8 Å². The molecule has 1 fully saturated rings. The van der Waals surface area contributed by atoms with Crippen molar-refractivity contribution in [2.24, 2.45) is 5.92 Å². The Morgan fingerprint density at radius 1 is 1.42 bits per heavy atom. The van der Waals surface area contributed by atoms with E-state index < -0.39 is 17.5 Å². The van der Waals surface area contributed by atoms with Crippen LogP contribution < -0.4 is 11.2 Å². The van der Waals surface area contributed by atoms with Crippen LogP contribution >= 0.6 is 0 Å². The molecule has 19 heavy (non-hydrogen) atoms. The number of hydrogen-bond donors (Lipinski definition) is 1. The summed E-state index contributed by atoms with van der Waals surface area (Å²) in [5.74, 6) is 0.0776. The molecular weight excluding hydrogens is 252 g/mol. The summed E-state index contributed by atoms with van der Waals surface area (Å²) in [6.45, 7) is 2.41. The van der Waals surface area contributed by atoms with Crippen molar-refractivity contribution < 1.29 is 14.2 Å². The second-order valence-corrected chi connectivity index (χ2v) is 4.60. The molecule has 1 saturated heterocycles. The first-order valence-electron chi connectivity index (χ1n) is 6.07. The minimum atomic E-state index is -0.565. The van der Waals surface area contributed by atoms with E-state index in [2.05, 4.69) is 4.98 Å². The molecule has 1 aliphatic heterocycles. The zero-order chi connectivity index (χ0) is 14.0. The number of methoxy groups -OCH3 is 2. The molecule has 0 spiro atoms. The van der Waals surface area contributed by atoms with Gasteiger partial charge in [-0.3, -0.25) is 14.3 Å². The predicted molar refractivity (Wildman–Crippen MR) is 67.1 cm³/mol. The van der Waals surface area contributed by atoms with Gasteiger partial charge in [0.25, 0.3) is 5.56 Å². The average molecular weight is 270 g/mol. The van der Waals surface area contributed by atoms with Gasteiger partial charge in [-0.25, -0.2) is 4.79 Å². The molecule has 0 amide bonds. The van der Waals surface area contributed by atoms with Crippen LogP contribution in [0, 0.1) is 5.92 Å². The molecule has 0 aliphatic carbocycles. The number of rotatable bonds is 4. The van der Waals surface area contributed by atoms with Crippen molar-refractivity contribution >= 4 is 0 Å². The number of aromatic nitrogens is 2. The van der Waals surface area contributed by atoms with E-state index in [0.29, 0.717) is 6.61 Å². The first-order chi connectivity index (χ1) is 9.08. The molecule has 0 unspecified atom stereocenters. The summed E-state index contributed by atoms with van der Waals surface area (Å²) in [4.78, 5) is 25.1. The highest BCUT2D eigenvalue weighted by Crippen LogP contribution is 2.34. The maximum Gasteiger partial charge on any atom is 0.330 e. The van der Waals surface area contributed by atoms with E-state index in [1.807, 2.05) is 6.92 Å². The fourth-order valence-electron chi connectivity index (χ4n) is 2.39. The molecule has 1 aromatic heterocycles. The summed E-state index contributed by atoms with van der Waals surface area (Å²) in [6.07, 6.45) is 0.423. The Morgan fingerprint density at radius 3 is 2.74 bits per heavy atom. The number of H-pyrrole nitrogens is 1. The molecule has 2 rings (SSSR count). The molecule has 0 bridgehead atoms. The van der Waals surface area contributed by atoms with Gasteiger partial charge < -0.3 is 14.2 Å². The lowest BCUT2D eigenvalue weighted by Crippen LogP contribution is -2.36. The minimum Gasteiger partial charge on any atom is -0.382 e. The van der Waals surface area contributed by atoms with Crippen LogP contribution in [-0.4, -0.2) is 42.6 Å². The molecule has 1 N–H and O–H groups in total. The van der Waals surface area contributed by atoms with Crippen LogP contribution in [0.3, 0.4) is 0 Å². The first-order valence-corrected chi connectivity index (χ1v) is 6.07. The number of nitrogens with one attached hydrogen (secondary N) is 1. The van der Waals surface area contributed by atoms with Gasteiger partial charge in [-0.15, -0.1) is 0 Å². The molecule has 2 heterocycles. The summed E-state index contributed by atoms with van der Waals surface area (Å²) < 4.78 is 17.7. The maximum atomic E-state index is 11.8. The molecule has 7 heteroatoms. The summed E-state index contributed by atoms with van der Waals surface area (Å²) in [7, 11) is 3.17. The lowest BCUT2D eigenvalue weighted by atomic mass is 10.0. The van der Waals surface area contributed by atoms with Crippen molar-refractivity contribution in [2.45, 2.75) is 25.4 Å². The number of nitrogens with zero attached hydrogens (tertiary/aromatic N) is 1. The summed E-state index contributed by atoms with van der Waals surface area (Å²) in [6, 6.07) is 1.28. The van der Waals surface area contributed by atoms with Crippen molar-refractivity contribution in [3.05, 3.63) is 33.1 Å². The van der Waals surface area contributed by atoms with Gasteiger partial charge in [0.15, 0.2) is 6.23 Å². The Labute approximate surface area is 110 Å². The topological polar surface area (TPSA) is 82.5 Å². The van der Waals surface area contributed by atoms with Crippen LogP contribution in [0.4, 0.5) is 0 Å². The normalized spacial score (nSPS) is 30.7. The molecule has 1 aliphatic rings. The van der Waals surface area contributed by atoms with Crippen LogP contribution in [0.2, 0.25) is 0 Å². The molecule has 7 nitrogen and oxygen atoms in total. The lowest BCUT2D eigenvalue weighted by molar-refractivity contribution is -0.0666. The van der Waals surface area contributed by atoms with Crippen molar-refractivity contribution in [2.75, 3.05) is 20.8 Å². The highest BCUT2D eigenvalue weighted by molar-refractivity contribution is 4.92. The number of aromatic amines is 1. The van der Waals surface area contributed by atoms with Crippen LogP contribution in [-0.2, 0) is 14.2 Å². The summed E-state index contributed by atoms with van der Waals surface area (Å²) >= 11 is 0. The Bertz CT molecular complexity index is 537. The summed E-state index contributed by atoms with van der Waals surface area (Å²) in [5, 5.41) is 0. The lowest BCUT2D eigenvalue weighted by Gasteiger charge is -2.20. The van der Waals surface area contributed by atoms with E-state index in [9.17, 15) is 9.59 Å². The van der Waals surface area contributed by atoms with Crippen molar-refractivity contribution in [3.63, 3.8) is 0 Å². The Hall–Kier alpha value is -1.44. The van der Waals surface area contributed by atoms with Crippen LogP contribution in [0.25, 0.3) is 0 Å². The molecular formula is C12H18N2O5. The predicted octanol–water partition coefficient (Wildman–Crippen LogP) is -0.268. The second-order valence-electron chi connectivity index (χ2n) is 4.60. The molecule has 0 saturated carbocycles. The van der Waals surface area contributed by atoms with E-state index in [1.54, 1.807) is 14.2 Å². The standard InChI is InChI=1S/C12H18N2O5/c1-7-8(6-17-2)19-11(10(7)18-3)14-5-4-9(15)13-12(14)16/h4-5,7-8,10-11H,6H2,1-3H3,(H,13,15,16)/t7-,8-,10-,11-/m1/s1.